The molecule has 4 bridgehead atoms. The van der Waals surface area contributed by atoms with Crippen LogP contribution >= 0.6 is 0 Å². The number of benzene rings is 1. The largest absolute Gasteiger partial charge is 0.465 e. The maximum atomic E-state index is 14.0. The number of aliphatic hydroxyl groups excluding tert-OH is 1. The lowest BCUT2D eigenvalue weighted by atomic mass is 9.43. The summed E-state index contributed by atoms with van der Waals surface area (Å²) in [6, 6.07) is 8.92. The number of esters is 5. The molecule has 1 aromatic carbocycles. The first kappa shape index (κ1) is 37.8. The van der Waals surface area contributed by atoms with Crippen LogP contribution in [0.1, 0.15) is 59.9 Å². The molecule has 4 fully saturated rings. The summed E-state index contributed by atoms with van der Waals surface area (Å²) in [5.74, 6) is -7.37. The Morgan fingerprint density at radius 2 is 1.57 bits per heavy atom. The van der Waals surface area contributed by atoms with Gasteiger partial charge in [-0.15, -0.1) is 0 Å². The maximum Gasteiger partial charge on any atom is 0.331 e. The van der Waals surface area contributed by atoms with Gasteiger partial charge >= 0.3 is 29.8 Å². The Morgan fingerprint density at radius 3 is 2.16 bits per heavy atom. The standard InChI is InChI=1S/C37H44O14/c1-19-26(51-29(43)14-13-24-11-9-8-10-12-24)16-28(48-21(3)39)36(18-46-20(2)38)30(19)31(49-22(4)40)25-15-27(42)35(7)37(45,34(25,6)17-47-35)32(44)33(36)50-23(5)41/h8-14,25-26,28,30-33,44-45H,1,15-18H2,2-7H3/b14-13-/t25-,26-,28-,30-,31+,32-,33-,34-,35+,36+,37-/m0/s1. The van der Waals surface area contributed by atoms with Gasteiger partial charge in [0.15, 0.2) is 11.4 Å². The third-order valence-electron chi connectivity index (χ3n) is 11.3. The van der Waals surface area contributed by atoms with Crippen molar-refractivity contribution >= 4 is 41.7 Å². The number of hydrogen-bond donors (Lipinski definition) is 2. The zero-order valence-corrected chi connectivity index (χ0v) is 29.4. The molecule has 3 aliphatic carbocycles. The topological polar surface area (TPSA) is 198 Å². The number of Topliss-reactive ketones (excluding diaryl/α,β-unsaturated/α-hetero) is 1. The van der Waals surface area contributed by atoms with Gasteiger partial charge in [-0.2, -0.15) is 0 Å². The molecule has 51 heavy (non-hydrogen) atoms. The van der Waals surface area contributed by atoms with Gasteiger partial charge in [0.25, 0.3) is 0 Å². The third-order valence-corrected chi connectivity index (χ3v) is 11.3. The van der Waals surface area contributed by atoms with Crippen molar-refractivity contribution in [3.63, 3.8) is 0 Å². The quantitative estimate of drug-likeness (QED) is 0.172. The van der Waals surface area contributed by atoms with Crippen LogP contribution in [0.3, 0.4) is 0 Å². The number of carbonyl (C=O) groups is 6. The summed E-state index contributed by atoms with van der Waals surface area (Å²) in [5.41, 5.74) is -7.35. The molecule has 4 aliphatic rings. The molecule has 3 saturated carbocycles. The lowest BCUT2D eigenvalue weighted by Gasteiger charge is -2.64. The Morgan fingerprint density at radius 1 is 0.941 bits per heavy atom. The van der Waals surface area contributed by atoms with Crippen LogP contribution in [0.5, 0.6) is 0 Å². The van der Waals surface area contributed by atoms with Gasteiger partial charge in [0, 0.05) is 63.9 Å². The van der Waals surface area contributed by atoms with Gasteiger partial charge in [-0.3, -0.25) is 24.0 Å². The summed E-state index contributed by atoms with van der Waals surface area (Å²) in [5, 5.41) is 25.3. The second-order valence-corrected chi connectivity index (χ2v) is 14.2. The van der Waals surface area contributed by atoms with Crippen LogP contribution in [0.4, 0.5) is 0 Å². The monoisotopic (exact) mass is 712 g/mol. The smallest absolute Gasteiger partial charge is 0.331 e. The van der Waals surface area contributed by atoms with Crippen LogP contribution in [0.2, 0.25) is 0 Å². The summed E-state index contributed by atoms with van der Waals surface area (Å²) in [7, 11) is 0. The minimum absolute atomic E-state index is 0.0661. The van der Waals surface area contributed by atoms with E-state index >= 15 is 0 Å². The van der Waals surface area contributed by atoms with Gasteiger partial charge in [-0.05, 0) is 24.1 Å². The minimum atomic E-state index is -2.50. The Labute approximate surface area is 295 Å². The highest BCUT2D eigenvalue weighted by Gasteiger charge is 2.82. The fourth-order valence-electron chi connectivity index (χ4n) is 8.97. The molecule has 11 atom stereocenters. The lowest BCUT2D eigenvalue weighted by Crippen LogP contribution is -2.80. The van der Waals surface area contributed by atoms with Crippen molar-refractivity contribution in [2.24, 2.45) is 22.7 Å². The molecular formula is C37H44O14. The second kappa shape index (κ2) is 13.6. The molecule has 5 rings (SSSR count). The molecule has 0 spiro atoms. The van der Waals surface area contributed by atoms with Crippen molar-refractivity contribution in [2.45, 2.75) is 96.1 Å². The van der Waals surface area contributed by atoms with Gasteiger partial charge in [0.05, 0.1) is 12.0 Å². The molecule has 0 unspecified atom stereocenters. The number of hydrogen-bond acceptors (Lipinski definition) is 14. The number of fused-ring (bicyclic) bond motifs is 1. The van der Waals surface area contributed by atoms with E-state index in [0.29, 0.717) is 5.56 Å². The van der Waals surface area contributed by atoms with Crippen LogP contribution < -0.4 is 0 Å². The average Bonchev–Trinajstić information content (AvgIpc) is 3.20. The first-order valence-electron chi connectivity index (χ1n) is 16.7. The molecular weight excluding hydrogens is 668 g/mol. The zero-order valence-electron chi connectivity index (χ0n) is 29.4. The fraction of sp³-hybridized carbons (Fsp3) is 0.568. The van der Waals surface area contributed by atoms with Crippen molar-refractivity contribution < 1.29 is 67.4 Å². The zero-order chi connectivity index (χ0) is 37.7. The Bertz CT molecular complexity index is 1650. The highest BCUT2D eigenvalue weighted by molar-refractivity contribution is 5.91. The summed E-state index contributed by atoms with van der Waals surface area (Å²) >= 11 is 0. The summed E-state index contributed by atoms with van der Waals surface area (Å²) in [6.07, 6.45) is -6.22. The van der Waals surface area contributed by atoms with E-state index in [0.717, 1.165) is 27.7 Å². The van der Waals surface area contributed by atoms with Crippen LogP contribution in [-0.2, 0) is 57.2 Å². The minimum Gasteiger partial charge on any atom is -0.465 e. The normalized spacial score (nSPS) is 38.5. The van der Waals surface area contributed by atoms with E-state index in [2.05, 4.69) is 6.58 Å². The predicted molar refractivity (Wildman–Crippen MR) is 175 cm³/mol. The Kier molecular flexibility index (Phi) is 10.1. The molecule has 0 aromatic heterocycles. The van der Waals surface area contributed by atoms with Gasteiger partial charge in [0.1, 0.15) is 42.7 Å². The van der Waals surface area contributed by atoms with E-state index in [1.54, 1.807) is 31.2 Å². The highest BCUT2D eigenvalue weighted by Crippen LogP contribution is 2.67. The third kappa shape index (κ3) is 6.06. The lowest BCUT2D eigenvalue weighted by molar-refractivity contribution is -0.300. The average molecular weight is 713 g/mol. The first-order chi connectivity index (χ1) is 23.8. The molecule has 14 nitrogen and oxygen atoms in total. The van der Waals surface area contributed by atoms with Crippen molar-refractivity contribution in [3.8, 4) is 0 Å². The predicted octanol–water partition coefficient (Wildman–Crippen LogP) is 2.02. The van der Waals surface area contributed by atoms with E-state index in [4.69, 9.17) is 28.4 Å². The van der Waals surface area contributed by atoms with E-state index in [-0.39, 0.29) is 25.0 Å². The molecule has 1 heterocycles. The number of ketones is 1. The summed E-state index contributed by atoms with van der Waals surface area (Å²) < 4.78 is 35.3. The molecule has 1 aromatic rings. The molecule has 2 N–H and O–H groups in total. The molecule has 1 saturated heterocycles. The Balaban J connectivity index is 1.78. The van der Waals surface area contributed by atoms with Crippen molar-refractivity contribution in [1.82, 2.24) is 0 Å². The fourth-order valence-corrected chi connectivity index (χ4v) is 8.97. The SMILES string of the molecule is C=C1[C@@H](OC(=O)/C=C\c2ccccc2)C[C@H](OC(C)=O)[C@@]2(COC(C)=O)[C@@H](OC(C)=O)[C@H](O)[C@]3(O)[C@@]4(C)CO[C@]3(C)C(=O)C[C@H]4[C@@H](OC(C)=O)[C@H]12. The number of aliphatic hydroxyl groups is 2. The molecule has 0 radical (unpaired) electrons. The number of rotatable bonds is 8. The van der Waals surface area contributed by atoms with Gasteiger partial charge in [-0.1, -0.05) is 43.8 Å². The Hall–Kier alpha value is -4.40. The van der Waals surface area contributed by atoms with Crippen LogP contribution in [0.25, 0.3) is 6.08 Å². The second-order valence-electron chi connectivity index (χ2n) is 14.2. The van der Waals surface area contributed by atoms with E-state index in [1.807, 2.05) is 6.07 Å². The highest BCUT2D eigenvalue weighted by atomic mass is 16.6. The van der Waals surface area contributed by atoms with Gasteiger partial charge < -0.3 is 38.6 Å². The van der Waals surface area contributed by atoms with Crippen LogP contribution in [0, 0.1) is 22.7 Å². The molecule has 14 heteroatoms. The van der Waals surface area contributed by atoms with Gasteiger partial charge in [-0.25, -0.2) is 4.79 Å². The summed E-state index contributed by atoms with van der Waals surface area (Å²) in [4.78, 5) is 78.5. The van der Waals surface area contributed by atoms with E-state index in [1.165, 1.54) is 19.1 Å². The van der Waals surface area contributed by atoms with Crippen LogP contribution in [-0.4, -0.2) is 101 Å². The van der Waals surface area contributed by atoms with Crippen molar-refractivity contribution in [3.05, 3.63) is 54.1 Å². The molecule has 0 amide bonds. The number of ether oxygens (including phenoxy) is 6. The van der Waals surface area contributed by atoms with E-state index in [9.17, 15) is 39.0 Å². The number of carbonyl (C=O) groups excluding carboxylic acids is 6. The van der Waals surface area contributed by atoms with Gasteiger partial charge in [0.2, 0.25) is 0 Å². The summed E-state index contributed by atoms with van der Waals surface area (Å²) in [6.45, 7) is 10.5. The van der Waals surface area contributed by atoms with Crippen molar-refractivity contribution in [2.75, 3.05) is 13.2 Å². The van der Waals surface area contributed by atoms with Crippen LogP contribution in [0.15, 0.2) is 48.6 Å². The molecule has 1 aliphatic heterocycles. The maximum absolute atomic E-state index is 14.0. The van der Waals surface area contributed by atoms with E-state index < -0.39 is 107 Å². The molecule has 276 valence electrons. The first-order valence-corrected chi connectivity index (χ1v) is 16.7. The van der Waals surface area contributed by atoms with Crippen molar-refractivity contribution in [1.29, 1.82) is 0 Å².